The van der Waals surface area contributed by atoms with Gasteiger partial charge in [-0.2, -0.15) is 5.10 Å². The van der Waals surface area contributed by atoms with Crippen molar-refractivity contribution in [2.24, 2.45) is 0 Å². The lowest BCUT2D eigenvalue weighted by Gasteiger charge is -2.29. The van der Waals surface area contributed by atoms with Gasteiger partial charge in [-0.1, -0.05) is 6.92 Å². The van der Waals surface area contributed by atoms with E-state index in [2.05, 4.69) is 43.1 Å². The standard InChI is InChI=1S/C12H24N4O/c1-5-12(4,6-7-17)14-8-11-13-9-15-16(11)10(2)3/h9-10,14,17H,5-8H2,1-4H3. The van der Waals surface area contributed by atoms with E-state index in [1.54, 1.807) is 6.33 Å². The Balaban J connectivity index is 2.62. The van der Waals surface area contributed by atoms with Crippen molar-refractivity contribution in [3.8, 4) is 0 Å². The first kappa shape index (κ1) is 14.1. The second-order valence-electron chi connectivity index (χ2n) is 4.96. The molecular weight excluding hydrogens is 216 g/mol. The van der Waals surface area contributed by atoms with Gasteiger partial charge in [-0.05, 0) is 33.6 Å². The van der Waals surface area contributed by atoms with Crippen LogP contribution in [0.25, 0.3) is 0 Å². The molecular formula is C12H24N4O. The summed E-state index contributed by atoms with van der Waals surface area (Å²) in [7, 11) is 0. The summed E-state index contributed by atoms with van der Waals surface area (Å²) in [5.74, 6) is 0.942. The van der Waals surface area contributed by atoms with Gasteiger partial charge in [-0.3, -0.25) is 0 Å². The van der Waals surface area contributed by atoms with Crippen molar-refractivity contribution >= 4 is 0 Å². The summed E-state index contributed by atoms with van der Waals surface area (Å²) in [6.45, 7) is 9.31. The molecule has 1 aromatic rings. The average Bonchev–Trinajstić information content (AvgIpc) is 2.75. The molecule has 0 bridgehead atoms. The lowest BCUT2D eigenvalue weighted by molar-refractivity contribution is 0.212. The molecule has 2 N–H and O–H groups in total. The Hall–Kier alpha value is -0.940. The van der Waals surface area contributed by atoms with Gasteiger partial charge in [-0.25, -0.2) is 9.67 Å². The zero-order chi connectivity index (χ0) is 12.9. The number of nitrogens with one attached hydrogen (secondary N) is 1. The van der Waals surface area contributed by atoms with Gasteiger partial charge in [0.2, 0.25) is 0 Å². The largest absolute Gasteiger partial charge is 0.396 e. The lowest BCUT2D eigenvalue weighted by Crippen LogP contribution is -2.42. The second-order valence-corrected chi connectivity index (χ2v) is 4.96. The fraction of sp³-hybridized carbons (Fsp3) is 0.833. The van der Waals surface area contributed by atoms with Crippen LogP contribution in [0, 0.1) is 0 Å². The van der Waals surface area contributed by atoms with Crippen LogP contribution in [-0.4, -0.2) is 32.0 Å². The van der Waals surface area contributed by atoms with Crippen LogP contribution >= 0.6 is 0 Å². The van der Waals surface area contributed by atoms with Gasteiger partial charge < -0.3 is 10.4 Å². The normalized spacial score (nSPS) is 15.2. The van der Waals surface area contributed by atoms with Crippen molar-refractivity contribution in [3.63, 3.8) is 0 Å². The smallest absolute Gasteiger partial charge is 0.141 e. The molecule has 17 heavy (non-hydrogen) atoms. The highest BCUT2D eigenvalue weighted by Crippen LogP contribution is 2.15. The molecule has 5 nitrogen and oxygen atoms in total. The van der Waals surface area contributed by atoms with Crippen molar-refractivity contribution in [1.29, 1.82) is 0 Å². The third-order valence-corrected chi connectivity index (χ3v) is 3.25. The fourth-order valence-corrected chi connectivity index (χ4v) is 1.76. The Morgan fingerprint density at radius 3 is 2.76 bits per heavy atom. The maximum Gasteiger partial charge on any atom is 0.141 e. The summed E-state index contributed by atoms with van der Waals surface area (Å²) < 4.78 is 1.92. The number of aromatic nitrogens is 3. The van der Waals surface area contributed by atoms with Crippen LogP contribution in [0.1, 0.15) is 52.4 Å². The first-order valence-electron chi connectivity index (χ1n) is 6.26. The third-order valence-electron chi connectivity index (χ3n) is 3.25. The van der Waals surface area contributed by atoms with Gasteiger partial charge in [0.1, 0.15) is 12.2 Å². The quantitative estimate of drug-likeness (QED) is 0.758. The van der Waals surface area contributed by atoms with Crippen LogP contribution in [0.3, 0.4) is 0 Å². The van der Waals surface area contributed by atoms with Crippen molar-refractivity contribution in [2.75, 3.05) is 6.61 Å². The molecule has 98 valence electrons. The van der Waals surface area contributed by atoms with Crippen LogP contribution in [0.2, 0.25) is 0 Å². The van der Waals surface area contributed by atoms with Crippen LogP contribution in [0.4, 0.5) is 0 Å². The van der Waals surface area contributed by atoms with E-state index in [0.29, 0.717) is 12.6 Å². The number of hydrogen-bond acceptors (Lipinski definition) is 4. The number of rotatable bonds is 7. The van der Waals surface area contributed by atoms with E-state index in [1.807, 2.05) is 4.68 Å². The summed E-state index contributed by atoms with van der Waals surface area (Å²) in [5, 5.41) is 16.7. The lowest BCUT2D eigenvalue weighted by atomic mass is 9.95. The van der Waals surface area contributed by atoms with Gasteiger partial charge in [0.25, 0.3) is 0 Å². The van der Waals surface area contributed by atoms with Gasteiger partial charge in [0, 0.05) is 18.2 Å². The monoisotopic (exact) mass is 240 g/mol. The maximum absolute atomic E-state index is 9.06. The molecule has 0 spiro atoms. The molecule has 0 saturated carbocycles. The van der Waals surface area contributed by atoms with Crippen LogP contribution in [0.15, 0.2) is 6.33 Å². The van der Waals surface area contributed by atoms with E-state index in [-0.39, 0.29) is 12.1 Å². The summed E-state index contributed by atoms with van der Waals surface area (Å²) in [6.07, 6.45) is 3.31. The summed E-state index contributed by atoms with van der Waals surface area (Å²) in [5.41, 5.74) is -0.0392. The molecule has 0 aliphatic heterocycles. The summed E-state index contributed by atoms with van der Waals surface area (Å²) >= 11 is 0. The average molecular weight is 240 g/mol. The molecule has 0 aliphatic carbocycles. The number of aliphatic hydroxyl groups excluding tert-OH is 1. The molecule has 0 radical (unpaired) electrons. The Morgan fingerprint density at radius 1 is 1.53 bits per heavy atom. The molecule has 1 aromatic heterocycles. The molecule has 5 heteroatoms. The van der Waals surface area contributed by atoms with Crippen LogP contribution in [-0.2, 0) is 6.54 Å². The molecule has 1 atom stereocenters. The van der Waals surface area contributed by atoms with E-state index in [1.165, 1.54) is 0 Å². The molecule has 0 aliphatic rings. The molecule has 0 saturated heterocycles. The zero-order valence-electron chi connectivity index (χ0n) is 11.3. The van der Waals surface area contributed by atoms with E-state index in [0.717, 1.165) is 18.7 Å². The SMILES string of the molecule is CCC(C)(CCO)NCc1ncnn1C(C)C. The van der Waals surface area contributed by atoms with E-state index >= 15 is 0 Å². The molecule has 1 rings (SSSR count). The Morgan fingerprint density at radius 2 is 2.24 bits per heavy atom. The van der Waals surface area contributed by atoms with E-state index in [4.69, 9.17) is 5.11 Å². The van der Waals surface area contributed by atoms with Gasteiger partial charge in [0.05, 0.1) is 6.54 Å². The van der Waals surface area contributed by atoms with Crippen LogP contribution < -0.4 is 5.32 Å². The van der Waals surface area contributed by atoms with E-state index < -0.39 is 0 Å². The van der Waals surface area contributed by atoms with Crippen molar-refractivity contribution in [1.82, 2.24) is 20.1 Å². The zero-order valence-corrected chi connectivity index (χ0v) is 11.3. The minimum atomic E-state index is -0.0392. The summed E-state index contributed by atoms with van der Waals surface area (Å²) in [6, 6.07) is 0.319. The highest BCUT2D eigenvalue weighted by atomic mass is 16.3. The van der Waals surface area contributed by atoms with Gasteiger partial charge >= 0.3 is 0 Å². The van der Waals surface area contributed by atoms with Gasteiger partial charge in [-0.15, -0.1) is 0 Å². The topological polar surface area (TPSA) is 63.0 Å². The number of nitrogens with zero attached hydrogens (tertiary/aromatic N) is 3. The second kappa shape index (κ2) is 6.12. The minimum Gasteiger partial charge on any atom is -0.396 e. The number of hydrogen-bond donors (Lipinski definition) is 2. The molecule has 0 aromatic carbocycles. The van der Waals surface area contributed by atoms with Gasteiger partial charge in [0.15, 0.2) is 0 Å². The van der Waals surface area contributed by atoms with Crippen LogP contribution in [0.5, 0.6) is 0 Å². The molecule has 1 heterocycles. The molecule has 1 unspecified atom stereocenters. The highest BCUT2D eigenvalue weighted by Gasteiger charge is 2.21. The minimum absolute atomic E-state index is 0.0392. The fourth-order valence-electron chi connectivity index (χ4n) is 1.76. The molecule has 0 amide bonds. The Labute approximate surface area is 103 Å². The number of aliphatic hydroxyl groups is 1. The highest BCUT2D eigenvalue weighted by molar-refractivity contribution is 4.90. The van der Waals surface area contributed by atoms with Crippen molar-refractivity contribution in [2.45, 2.75) is 58.7 Å². The Bertz CT molecular complexity index is 337. The van der Waals surface area contributed by atoms with Crippen molar-refractivity contribution in [3.05, 3.63) is 12.2 Å². The predicted molar refractivity (Wildman–Crippen MR) is 67.6 cm³/mol. The Kier molecular flexibility index (Phi) is 5.08. The summed E-state index contributed by atoms with van der Waals surface area (Å²) in [4.78, 5) is 4.26. The third kappa shape index (κ3) is 3.78. The predicted octanol–water partition coefficient (Wildman–Crippen LogP) is 1.50. The first-order valence-corrected chi connectivity index (χ1v) is 6.26. The molecule has 0 fully saturated rings. The first-order chi connectivity index (χ1) is 8.02. The van der Waals surface area contributed by atoms with Crippen molar-refractivity contribution < 1.29 is 5.11 Å². The maximum atomic E-state index is 9.06. The van der Waals surface area contributed by atoms with E-state index in [9.17, 15) is 0 Å².